The number of aryl methyl sites for hydroxylation is 1. The predicted molar refractivity (Wildman–Crippen MR) is 91.0 cm³/mol. The number of nitrogens with one attached hydrogen (secondary N) is 2. The number of nitrogens with zero attached hydrogens (tertiary/aromatic N) is 1. The highest BCUT2D eigenvalue weighted by molar-refractivity contribution is 6.44. The number of halogens is 2. The van der Waals surface area contributed by atoms with Crippen LogP contribution in [0.1, 0.15) is 22.6 Å². The molecule has 1 aliphatic heterocycles. The third kappa shape index (κ3) is 4.03. The second-order valence-corrected chi connectivity index (χ2v) is 6.27. The Morgan fingerprint density at radius 1 is 1.50 bits per heavy atom. The van der Waals surface area contributed by atoms with E-state index >= 15 is 0 Å². The van der Waals surface area contributed by atoms with Crippen molar-refractivity contribution in [3.05, 3.63) is 34.1 Å². The molecule has 9 heteroatoms. The van der Waals surface area contributed by atoms with Crippen molar-refractivity contribution in [2.24, 2.45) is 0 Å². The van der Waals surface area contributed by atoms with Gasteiger partial charge in [-0.3, -0.25) is 4.79 Å². The number of H-pyrrole nitrogens is 1. The van der Waals surface area contributed by atoms with E-state index in [1.165, 1.54) is 4.90 Å². The van der Waals surface area contributed by atoms with Crippen LogP contribution in [-0.2, 0) is 4.74 Å². The molecule has 3 N–H and O–H groups in total. The molecule has 1 fully saturated rings. The molecule has 1 aliphatic rings. The Labute approximate surface area is 149 Å². The van der Waals surface area contributed by atoms with Gasteiger partial charge in [0.2, 0.25) is 0 Å². The molecule has 2 heterocycles. The van der Waals surface area contributed by atoms with Gasteiger partial charge < -0.3 is 25.0 Å². The molecule has 1 aromatic rings. The molecule has 2 rings (SSSR count). The first kappa shape index (κ1) is 18.6. The van der Waals surface area contributed by atoms with E-state index in [-0.39, 0.29) is 29.9 Å². The van der Waals surface area contributed by atoms with Crippen LogP contribution in [0.2, 0.25) is 10.0 Å². The van der Waals surface area contributed by atoms with Crippen molar-refractivity contribution in [1.29, 1.82) is 0 Å². The van der Waals surface area contributed by atoms with Gasteiger partial charge in [0.05, 0.1) is 35.3 Å². The zero-order valence-corrected chi connectivity index (χ0v) is 14.7. The largest absolute Gasteiger partial charge is 0.465 e. The van der Waals surface area contributed by atoms with Crippen molar-refractivity contribution in [3.63, 3.8) is 0 Å². The summed E-state index contributed by atoms with van der Waals surface area (Å²) in [7, 11) is 0. The number of rotatable bonds is 5. The van der Waals surface area contributed by atoms with Crippen molar-refractivity contribution < 1.29 is 19.4 Å². The molecule has 0 spiro atoms. The Bertz CT molecular complexity index is 647. The van der Waals surface area contributed by atoms with Crippen molar-refractivity contribution in [2.75, 3.05) is 19.7 Å². The lowest BCUT2D eigenvalue weighted by atomic mass is 10.0. The molecule has 24 heavy (non-hydrogen) atoms. The lowest BCUT2D eigenvalue weighted by Gasteiger charge is -2.37. The van der Waals surface area contributed by atoms with Crippen LogP contribution < -0.4 is 5.32 Å². The summed E-state index contributed by atoms with van der Waals surface area (Å²) < 4.78 is 5.61. The maximum absolute atomic E-state index is 12.4. The van der Waals surface area contributed by atoms with Gasteiger partial charge >= 0.3 is 6.09 Å². The quantitative estimate of drug-likeness (QED) is 0.689. The number of piperidine rings is 1. The number of likely N-dealkylation sites (tertiary alicyclic amines) is 1. The minimum absolute atomic E-state index is 0.165. The Morgan fingerprint density at radius 2 is 2.21 bits per heavy atom. The monoisotopic (exact) mass is 375 g/mol. The smallest absolute Gasteiger partial charge is 0.407 e. The molecule has 0 aromatic carbocycles. The standard InChI is InChI=1S/C15H19Cl2N3O4/c1-3-6-24-10-7-20(15(22)23)5-4-9(10)19-14(21)13-12(17)11(16)8(2)18-13/h3,9-10,18H,1,4-7H2,2H3,(H,19,21)(H,22,23)/t9-,10+/m1/s1. The van der Waals surface area contributed by atoms with Gasteiger partial charge in [-0.05, 0) is 13.3 Å². The number of hydrogen-bond donors (Lipinski definition) is 3. The van der Waals surface area contributed by atoms with E-state index in [0.29, 0.717) is 23.7 Å². The first-order chi connectivity index (χ1) is 11.3. The van der Waals surface area contributed by atoms with Gasteiger partial charge in [-0.25, -0.2) is 4.79 Å². The van der Waals surface area contributed by atoms with E-state index in [0.717, 1.165) is 0 Å². The normalized spacial score (nSPS) is 20.7. The second kappa shape index (κ2) is 7.92. The van der Waals surface area contributed by atoms with Gasteiger partial charge in [0.1, 0.15) is 5.69 Å². The number of carboxylic acid groups (broad SMARTS) is 1. The topological polar surface area (TPSA) is 94.7 Å². The summed E-state index contributed by atoms with van der Waals surface area (Å²) in [6.07, 6.45) is 0.526. The summed E-state index contributed by atoms with van der Waals surface area (Å²) in [5, 5.41) is 12.4. The number of aromatic amines is 1. The molecule has 2 amide bonds. The maximum atomic E-state index is 12.4. The molecule has 0 aliphatic carbocycles. The van der Waals surface area contributed by atoms with E-state index in [4.69, 9.17) is 33.0 Å². The fraction of sp³-hybridized carbons (Fsp3) is 0.467. The summed E-state index contributed by atoms with van der Waals surface area (Å²) in [6.45, 7) is 6.04. The minimum Gasteiger partial charge on any atom is -0.465 e. The van der Waals surface area contributed by atoms with Gasteiger partial charge in [-0.2, -0.15) is 0 Å². The van der Waals surface area contributed by atoms with Crippen LogP contribution >= 0.6 is 23.2 Å². The van der Waals surface area contributed by atoms with E-state index in [1.807, 2.05) is 0 Å². The number of carbonyl (C=O) groups excluding carboxylic acids is 1. The van der Waals surface area contributed by atoms with Crippen molar-refractivity contribution in [3.8, 4) is 0 Å². The van der Waals surface area contributed by atoms with Crippen molar-refractivity contribution in [2.45, 2.75) is 25.5 Å². The summed E-state index contributed by atoms with van der Waals surface area (Å²) >= 11 is 12.0. The molecular formula is C15H19Cl2N3O4. The molecule has 0 saturated carbocycles. The molecule has 0 unspecified atom stereocenters. The number of aromatic nitrogens is 1. The van der Waals surface area contributed by atoms with Gasteiger partial charge in [0, 0.05) is 12.2 Å². The fourth-order valence-electron chi connectivity index (χ4n) is 2.58. The van der Waals surface area contributed by atoms with Crippen LogP contribution in [-0.4, -0.2) is 58.8 Å². The van der Waals surface area contributed by atoms with Crippen molar-refractivity contribution >= 4 is 35.2 Å². The molecule has 132 valence electrons. The number of hydrogen-bond acceptors (Lipinski definition) is 3. The van der Waals surface area contributed by atoms with Crippen LogP contribution in [0.5, 0.6) is 0 Å². The minimum atomic E-state index is -1.01. The summed E-state index contributed by atoms with van der Waals surface area (Å²) in [5.74, 6) is -0.407. The van der Waals surface area contributed by atoms with Crippen LogP contribution in [0.15, 0.2) is 12.7 Å². The predicted octanol–water partition coefficient (Wildman–Crippen LogP) is 2.68. The van der Waals surface area contributed by atoms with E-state index in [2.05, 4.69) is 16.9 Å². The average Bonchev–Trinajstić information content (AvgIpc) is 2.81. The average molecular weight is 376 g/mol. The Morgan fingerprint density at radius 3 is 2.75 bits per heavy atom. The third-order valence-electron chi connectivity index (χ3n) is 3.86. The molecule has 1 aromatic heterocycles. The summed E-state index contributed by atoms with van der Waals surface area (Å²) in [6, 6.07) is -0.341. The molecule has 1 saturated heterocycles. The number of carbonyl (C=O) groups is 2. The number of ether oxygens (including phenoxy) is 1. The maximum Gasteiger partial charge on any atom is 0.407 e. The Kier molecular flexibility index (Phi) is 6.15. The third-order valence-corrected chi connectivity index (χ3v) is 4.80. The zero-order chi connectivity index (χ0) is 17.9. The van der Waals surface area contributed by atoms with E-state index in [9.17, 15) is 9.59 Å². The number of amides is 2. The first-order valence-corrected chi connectivity index (χ1v) is 8.15. The van der Waals surface area contributed by atoms with Crippen LogP contribution in [0.4, 0.5) is 4.79 Å². The van der Waals surface area contributed by atoms with Crippen LogP contribution in [0.25, 0.3) is 0 Å². The fourth-order valence-corrected chi connectivity index (χ4v) is 3.00. The molecule has 2 atom stereocenters. The molecule has 7 nitrogen and oxygen atoms in total. The second-order valence-electron chi connectivity index (χ2n) is 5.51. The van der Waals surface area contributed by atoms with E-state index < -0.39 is 18.1 Å². The Hall–Kier alpha value is -1.70. The molecular weight excluding hydrogens is 357 g/mol. The zero-order valence-electron chi connectivity index (χ0n) is 13.1. The van der Waals surface area contributed by atoms with Gasteiger partial charge in [-0.15, -0.1) is 6.58 Å². The summed E-state index contributed by atoms with van der Waals surface area (Å²) in [5.41, 5.74) is 0.786. The summed E-state index contributed by atoms with van der Waals surface area (Å²) in [4.78, 5) is 27.7. The van der Waals surface area contributed by atoms with E-state index in [1.54, 1.807) is 13.0 Å². The van der Waals surface area contributed by atoms with Gasteiger partial charge in [-0.1, -0.05) is 29.3 Å². The van der Waals surface area contributed by atoms with Crippen molar-refractivity contribution in [1.82, 2.24) is 15.2 Å². The highest BCUT2D eigenvalue weighted by Gasteiger charge is 2.34. The highest BCUT2D eigenvalue weighted by atomic mass is 35.5. The molecule has 0 bridgehead atoms. The molecule has 0 radical (unpaired) electrons. The van der Waals surface area contributed by atoms with Gasteiger partial charge in [0.25, 0.3) is 5.91 Å². The SMILES string of the molecule is C=CCO[C@H]1CN(C(=O)O)CC[C@H]1NC(=O)c1[nH]c(C)c(Cl)c1Cl. The lowest BCUT2D eigenvalue weighted by Crippen LogP contribution is -2.56. The highest BCUT2D eigenvalue weighted by Crippen LogP contribution is 2.29. The lowest BCUT2D eigenvalue weighted by molar-refractivity contribution is -0.00482. The van der Waals surface area contributed by atoms with Gasteiger partial charge in [0.15, 0.2) is 0 Å². The first-order valence-electron chi connectivity index (χ1n) is 7.40. The Balaban J connectivity index is 2.10. The van der Waals surface area contributed by atoms with Crippen LogP contribution in [0.3, 0.4) is 0 Å². The van der Waals surface area contributed by atoms with Crippen LogP contribution in [0, 0.1) is 6.92 Å².